The van der Waals surface area contributed by atoms with E-state index in [4.69, 9.17) is 11.7 Å². The van der Waals surface area contributed by atoms with Gasteiger partial charge in [-0.2, -0.15) is 14.6 Å². The quantitative estimate of drug-likeness (QED) is 0.462. The van der Waals surface area contributed by atoms with E-state index < -0.39 is 27.5 Å². The molecule has 0 unspecified atom stereocenters. The summed E-state index contributed by atoms with van der Waals surface area (Å²) in [5.41, 5.74) is -1.26. The van der Waals surface area contributed by atoms with Crippen LogP contribution in [0.25, 0.3) is 11.0 Å². The van der Waals surface area contributed by atoms with Gasteiger partial charge in [-0.15, -0.1) is 6.42 Å². The maximum Gasteiger partial charge on any atom is 0.268 e. The molecule has 1 aromatic carbocycles. The van der Waals surface area contributed by atoms with Crippen molar-refractivity contribution >= 4 is 27.0 Å². The first kappa shape index (κ1) is 26.8. The third kappa shape index (κ3) is 4.87. The number of sulfonamides is 1. The third-order valence-corrected chi connectivity index (χ3v) is 9.50. The molecule has 0 bridgehead atoms. The minimum Gasteiger partial charge on any atom is -0.388 e. The number of aromatic nitrogens is 3. The maximum absolute atomic E-state index is 13.7. The van der Waals surface area contributed by atoms with Gasteiger partial charge in [0.25, 0.3) is 5.56 Å². The summed E-state index contributed by atoms with van der Waals surface area (Å²) in [6.07, 6.45) is 9.98. The van der Waals surface area contributed by atoms with Gasteiger partial charge in [0, 0.05) is 30.7 Å². The highest BCUT2D eigenvalue weighted by Gasteiger charge is 2.40. The molecule has 3 aromatic rings. The number of nitrogens with one attached hydrogen (secondary N) is 1. The number of hydrogen-bond acceptors (Lipinski definition) is 8. The van der Waals surface area contributed by atoms with Gasteiger partial charge in [-0.25, -0.2) is 17.8 Å². The van der Waals surface area contributed by atoms with Crippen LogP contribution in [0.15, 0.2) is 40.2 Å². The van der Waals surface area contributed by atoms with Gasteiger partial charge >= 0.3 is 0 Å². The zero-order valence-electron chi connectivity index (χ0n) is 21.3. The van der Waals surface area contributed by atoms with Crippen molar-refractivity contribution in [1.82, 2.24) is 18.8 Å². The molecule has 1 saturated heterocycles. The molecule has 2 N–H and O–H groups in total. The first-order valence-corrected chi connectivity index (χ1v) is 14.1. The Morgan fingerprint density at radius 3 is 2.62 bits per heavy atom. The standard InChI is InChI=1S/C27H27FN6O4S/c1-3-17-13-19-16-30-26(32-24(19)34(25(17)35)23-5-4-10-27(23,2)36)31-20-8-11-33(12-9-20)39(37,38)21-6-7-22(28)18(14-21)15-29/h1,6-7,13-14,16,20,23,36H,4-5,8-12H2,2H3,(H,30,31,32)/t23-,27-/m1/s1. The van der Waals surface area contributed by atoms with Crippen LogP contribution in [-0.4, -0.2) is 57.1 Å². The number of fused-ring (bicyclic) bond motifs is 1. The molecule has 0 radical (unpaired) electrons. The molecule has 3 heterocycles. The fraction of sp³-hybridized carbons (Fsp3) is 0.407. The molecule has 2 aliphatic rings. The van der Waals surface area contributed by atoms with Gasteiger partial charge < -0.3 is 10.4 Å². The zero-order valence-corrected chi connectivity index (χ0v) is 22.1. The molecular weight excluding hydrogens is 523 g/mol. The van der Waals surface area contributed by atoms with Crippen molar-refractivity contribution in [3.8, 4) is 18.4 Å². The lowest BCUT2D eigenvalue weighted by atomic mass is 9.99. The summed E-state index contributed by atoms with van der Waals surface area (Å²) in [7, 11) is -3.90. The average molecular weight is 551 g/mol. The van der Waals surface area contributed by atoms with E-state index >= 15 is 0 Å². The van der Waals surface area contributed by atoms with Gasteiger partial charge in [-0.1, -0.05) is 5.92 Å². The van der Waals surface area contributed by atoms with E-state index in [1.165, 1.54) is 8.87 Å². The summed E-state index contributed by atoms with van der Waals surface area (Å²) < 4.78 is 42.6. The molecule has 2 aromatic heterocycles. The lowest BCUT2D eigenvalue weighted by molar-refractivity contribution is 0.0266. The Morgan fingerprint density at radius 1 is 1.23 bits per heavy atom. The number of nitriles is 1. The molecular formula is C27H27FN6O4S. The molecule has 12 heteroatoms. The van der Waals surface area contributed by atoms with E-state index in [9.17, 15) is 22.7 Å². The number of piperidine rings is 1. The molecule has 1 aliphatic heterocycles. The molecule has 10 nitrogen and oxygen atoms in total. The van der Waals surface area contributed by atoms with Gasteiger partial charge in [0.2, 0.25) is 16.0 Å². The van der Waals surface area contributed by atoms with Crippen molar-refractivity contribution in [2.45, 2.75) is 61.6 Å². The molecule has 1 aliphatic carbocycles. The number of rotatable bonds is 5. The van der Waals surface area contributed by atoms with E-state index in [0.717, 1.165) is 24.6 Å². The van der Waals surface area contributed by atoms with Crippen LogP contribution in [-0.2, 0) is 10.0 Å². The van der Waals surface area contributed by atoms with E-state index in [-0.39, 0.29) is 46.7 Å². The Morgan fingerprint density at radius 2 is 1.97 bits per heavy atom. The second-order valence-electron chi connectivity index (χ2n) is 10.2. The van der Waals surface area contributed by atoms with Crippen LogP contribution in [0.4, 0.5) is 10.3 Å². The number of aliphatic hydroxyl groups is 1. The summed E-state index contributed by atoms with van der Waals surface area (Å²) in [6.45, 7) is 2.11. The summed E-state index contributed by atoms with van der Waals surface area (Å²) in [6, 6.07) is 5.80. The van der Waals surface area contributed by atoms with Crippen LogP contribution < -0.4 is 10.9 Å². The van der Waals surface area contributed by atoms with E-state index in [1.54, 1.807) is 25.3 Å². The van der Waals surface area contributed by atoms with Gasteiger partial charge in [0.1, 0.15) is 17.5 Å². The van der Waals surface area contributed by atoms with E-state index in [2.05, 4.69) is 21.2 Å². The van der Waals surface area contributed by atoms with Crippen molar-refractivity contribution in [3.63, 3.8) is 0 Å². The van der Waals surface area contributed by atoms with Crippen LogP contribution in [0.2, 0.25) is 0 Å². The lowest BCUT2D eigenvalue weighted by Gasteiger charge is -2.32. The van der Waals surface area contributed by atoms with Crippen LogP contribution in [0, 0.1) is 29.5 Å². The van der Waals surface area contributed by atoms with Crippen molar-refractivity contribution in [3.05, 3.63) is 57.8 Å². The molecule has 1 saturated carbocycles. The summed E-state index contributed by atoms with van der Waals surface area (Å²) in [5, 5.41) is 23.8. The Kier molecular flexibility index (Phi) is 6.89. The number of terminal acetylenes is 1. The maximum atomic E-state index is 13.7. The van der Waals surface area contributed by atoms with Gasteiger partial charge in [0.15, 0.2) is 0 Å². The SMILES string of the molecule is C#Cc1cc2cnc(NC3CCN(S(=O)(=O)c4ccc(F)c(C#N)c4)CC3)nc2n([C@@H]2CCC[C@@]2(C)O)c1=O. The topological polar surface area (TPSA) is 141 Å². The average Bonchev–Trinajstić information content (AvgIpc) is 3.27. The Hall–Kier alpha value is -3.84. The highest BCUT2D eigenvalue weighted by molar-refractivity contribution is 7.89. The van der Waals surface area contributed by atoms with Gasteiger partial charge in [-0.05, 0) is 63.3 Å². The van der Waals surface area contributed by atoms with Crippen molar-refractivity contribution < 1.29 is 17.9 Å². The lowest BCUT2D eigenvalue weighted by Crippen LogP contribution is -2.42. The molecule has 2 fully saturated rings. The number of hydrogen-bond donors (Lipinski definition) is 2. The van der Waals surface area contributed by atoms with E-state index in [0.29, 0.717) is 36.7 Å². The smallest absolute Gasteiger partial charge is 0.268 e. The first-order valence-electron chi connectivity index (χ1n) is 12.6. The molecule has 39 heavy (non-hydrogen) atoms. The summed E-state index contributed by atoms with van der Waals surface area (Å²) in [4.78, 5) is 22.1. The van der Waals surface area contributed by atoms with Gasteiger partial charge in [-0.3, -0.25) is 9.36 Å². The van der Waals surface area contributed by atoms with Gasteiger partial charge in [0.05, 0.1) is 27.7 Å². The zero-order chi connectivity index (χ0) is 27.9. The molecule has 5 rings (SSSR count). The second-order valence-corrected chi connectivity index (χ2v) is 12.1. The minimum atomic E-state index is -3.90. The molecule has 2 atom stereocenters. The predicted octanol–water partition coefficient (Wildman–Crippen LogP) is 2.52. The largest absolute Gasteiger partial charge is 0.388 e. The summed E-state index contributed by atoms with van der Waals surface area (Å²) >= 11 is 0. The Labute approximate surface area is 225 Å². The number of anilines is 1. The normalized spacial score (nSPS) is 22.4. The fourth-order valence-electron chi connectivity index (χ4n) is 5.44. The second kappa shape index (κ2) is 10.0. The number of nitrogens with zero attached hydrogens (tertiary/aromatic N) is 5. The number of halogens is 1. The molecule has 202 valence electrons. The predicted molar refractivity (Wildman–Crippen MR) is 142 cm³/mol. The third-order valence-electron chi connectivity index (χ3n) is 7.60. The fourth-order valence-corrected chi connectivity index (χ4v) is 6.94. The van der Waals surface area contributed by atoms with Crippen LogP contribution in [0.1, 0.15) is 56.2 Å². The van der Waals surface area contributed by atoms with Crippen LogP contribution >= 0.6 is 0 Å². The van der Waals surface area contributed by atoms with Crippen LogP contribution in [0.3, 0.4) is 0 Å². The Bertz CT molecular complexity index is 1700. The van der Waals surface area contributed by atoms with E-state index in [1.807, 2.05) is 0 Å². The van der Waals surface area contributed by atoms with Crippen molar-refractivity contribution in [2.24, 2.45) is 0 Å². The summed E-state index contributed by atoms with van der Waals surface area (Å²) in [5.74, 6) is 1.93. The molecule has 0 amide bonds. The number of benzene rings is 1. The molecule has 0 spiro atoms. The minimum absolute atomic E-state index is 0.128. The monoisotopic (exact) mass is 550 g/mol. The van der Waals surface area contributed by atoms with Crippen LogP contribution in [0.5, 0.6) is 0 Å². The van der Waals surface area contributed by atoms with Crippen molar-refractivity contribution in [1.29, 1.82) is 5.26 Å². The first-order chi connectivity index (χ1) is 18.5. The van der Waals surface area contributed by atoms with Crippen molar-refractivity contribution in [2.75, 3.05) is 18.4 Å². The highest BCUT2D eigenvalue weighted by Crippen LogP contribution is 2.39. The highest BCUT2D eigenvalue weighted by atomic mass is 32.2. The number of pyridine rings is 1. The Balaban J connectivity index is 1.37.